The van der Waals surface area contributed by atoms with Crippen molar-refractivity contribution >= 4 is 6.21 Å². The molecule has 0 bridgehead atoms. The van der Waals surface area contributed by atoms with Crippen LogP contribution in [-0.4, -0.2) is 6.21 Å². The molecule has 2 aliphatic carbocycles. The van der Waals surface area contributed by atoms with E-state index in [0.717, 1.165) is 11.8 Å². The van der Waals surface area contributed by atoms with Gasteiger partial charge in [-0.25, -0.2) is 0 Å². The maximum absolute atomic E-state index is 4.40. The summed E-state index contributed by atoms with van der Waals surface area (Å²) >= 11 is 0. The van der Waals surface area contributed by atoms with E-state index in [2.05, 4.69) is 30.6 Å². The monoisotopic (exact) mass is 218 g/mol. The summed E-state index contributed by atoms with van der Waals surface area (Å²) in [4.78, 5) is 0. The van der Waals surface area contributed by atoms with E-state index in [1.54, 1.807) is 0 Å². The molecule has 2 heteroatoms. The van der Waals surface area contributed by atoms with Gasteiger partial charge in [0.05, 0.1) is 0 Å². The number of hydrogen-bond acceptors (Lipinski definition) is 2. The van der Waals surface area contributed by atoms with E-state index < -0.39 is 0 Å². The Morgan fingerprint density at radius 2 is 2.00 bits per heavy atom. The van der Waals surface area contributed by atoms with Crippen molar-refractivity contribution in [2.45, 2.75) is 52.4 Å². The van der Waals surface area contributed by atoms with Crippen molar-refractivity contribution in [1.82, 2.24) is 5.43 Å². The number of fused-ring (bicyclic) bond motifs is 3. The van der Waals surface area contributed by atoms with E-state index in [4.69, 9.17) is 0 Å². The molecule has 0 aromatic carbocycles. The van der Waals surface area contributed by atoms with Crippen molar-refractivity contribution in [2.24, 2.45) is 22.4 Å². The Bertz CT molecular complexity index is 348. The lowest BCUT2D eigenvalue weighted by molar-refractivity contribution is 0.300. The summed E-state index contributed by atoms with van der Waals surface area (Å²) in [5.74, 6) is 1.66. The minimum absolute atomic E-state index is 0.648. The predicted octanol–water partition coefficient (Wildman–Crippen LogP) is 3.46. The van der Waals surface area contributed by atoms with Crippen LogP contribution in [0.4, 0.5) is 0 Å². The van der Waals surface area contributed by atoms with E-state index in [9.17, 15) is 0 Å². The second kappa shape index (κ2) is 3.61. The van der Waals surface area contributed by atoms with Crippen LogP contribution in [0.5, 0.6) is 0 Å². The van der Waals surface area contributed by atoms with Gasteiger partial charge in [0.2, 0.25) is 0 Å². The minimum atomic E-state index is 0.648. The molecule has 1 heterocycles. The summed E-state index contributed by atoms with van der Waals surface area (Å²) in [6.45, 7) is 4.40. The lowest BCUT2D eigenvalue weighted by Gasteiger charge is -2.23. The smallest absolute Gasteiger partial charge is 0.0294 e. The van der Waals surface area contributed by atoms with Crippen molar-refractivity contribution in [2.75, 3.05) is 0 Å². The largest absolute Gasteiger partial charge is 0.283 e. The maximum atomic E-state index is 4.40. The molecule has 88 valence electrons. The van der Waals surface area contributed by atoms with Crippen LogP contribution in [0.3, 0.4) is 0 Å². The van der Waals surface area contributed by atoms with Crippen LogP contribution >= 0.6 is 0 Å². The van der Waals surface area contributed by atoms with Gasteiger partial charge in [-0.15, -0.1) is 0 Å². The van der Waals surface area contributed by atoms with E-state index in [0.29, 0.717) is 5.41 Å². The van der Waals surface area contributed by atoms with Crippen molar-refractivity contribution in [3.8, 4) is 0 Å². The predicted molar refractivity (Wildman–Crippen MR) is 67.1 cm³/mol. The Labute approximate surface area is 98.2 Å². The zero-order valence-corrected chi connectivity index (χ0v) is 10.4. The summed E-state index contributed by atoms with van der Waals surface area (Å²) in [6, 6.07) is 0. The van der Waals surface area contributed by atoms with Gasteiger partial charge >= 0.3 is 0 Å². The molecule has 0 aromatic heterocycles. The topological polar surface area (TPSA) is 24.4 Å². The fourth-order valence-electron chi connectivity index (χ4n) is 3.90. The molecule has 3 rings (SSSR count). The van der Waals surface area contributed by atoms with Crippen molar-refractivity contribution < 1.29 is 0 Å². The van der Waals surface area contributed by atoms with E-state index in [1.807, 2.05) is 0 Å². The van der Waals surface area contributed by atoms with Crippen molar-refractivity contribution in [3.63, 3.8) is 0 Å². The average Bonchev–Trinajstić information content (AvgIpc) is 2.83. The van der Waals surface area contributed by atoms with Gasteiger partial charge in [0, 0.05) is 17.8 Å². The number of nitrogens with one attached hydrogen (secondary N) is 1. The first kappa shape index (κ1) is 10.4. The molecule has 0 saturated heterocycles. The van der Waals surface area contributed by atoms with Gasteiger partial charge in [0.15, 0.2) is 0 Å². The third-order valence-electron chi connectivity index (χ3n) is 5.14. The van der Waals surface area contributed by atoms with E-state index in [-0.39, 0.29) is 0 Å². The number of hydrogen-bond donors (Lipinski definition) is 1. The van der Waals surface area contributed by atoms with Crippen LogP contribution in [0.2, 0.25) is 0 Å². The first-order chi connectivity index (χ1) is 7.74. The fourth-order valence-corrected chi connectivity index (χ4v) is 3.90. The average molecular weight is 218 g/mol. The molecule has 0 amide bonds. The lowest BCUT2D eigenvalue weighted by atomic mass is 9.82. The highest BCUT2D eigenvalue weighted by atomic mass is 15.3. The van der Waals surface area contributed by atoms with Gasteiger partial charge in [0.1, 0.15) is 0 Å². The number of nitrogens with zero attached hydrogens (tertiary/aromatic N) is 1. The number of hydrazone groups is 1. The molecule has 2 nitrogen and oxygen atoms in total. The molecular weight excluding hydrogens is 196 g/mol. The van der Waals surface area contributed by atoms with Gasteiger partial charge in [-0.05, 0) is 44.4 Å². The normalized spacial score (nSPS) is 42.9. The summed E-state index contributed by atoms with van der Waals surface area (Å²) in [7, 11) is 0. The molecule has 16 heavy (non-hydrogen) atoms. The Balaban J connectivity index is 1.83. The van der Waals surface area contributed by atoms with Crippen LogP contribution in [0, 0.1) is 17.3 Å². The zero-order valence-electron chi connectivity index (χ0n) is 10.4. The SMILES string of the molecule is C/C1=C(/C)N/N=C/C2C(C1)C21CCCCC1. The molecule has 0 aromatic rings. The van der Waals surface area contributed by atoms with Crippen molar-refractivity contribution in [3.05, 3.63) is 11.3 Å². The standard InChI is InChI=1S/C14H22N2/c1-10-8-12-13(9-15-16-11(10)2)14(12)6-4-3-5-7-14/h9,12-13,16H,3-8H2,1-2H3/b11-10+,15-9+. The highest BCUT2D eigenvalue weighted by Crippen LogP contribution is 2.67. The van der Waals surface area contributed by atoms with Gasteiger partial charge in [0.25, 0.3) is 0 Å². The third-order valence-corrected chi connectivity index (χ3v) is 5.14. The van der Waals surface area contributed by atoms with E-state index >= 15 is 0 Å². The highest BCUT2D eigenvalue weighted by molar-refractivity contribution is 5.68. The summed E-state index contributed by atoms with van der Waals surface area (Å²) < 4.78 is 0. The fraction of sp³-hybridized carbons (Fsp3) is 0.786. The van der Waals surface area contributed by atoms with E-state index in [1.165, 1.54) is 49.8 Å². The molecule has 1 N–H and O–H groups in total. The second-order valence-corrected chi connectivity index (χ2v) is 5.93. The summed E-state index contributed by atoms with van der Waals surface area (Å²) in [6.07, 6.45) is 10.7. The maximum Gasteiger partial charge on any atom is 0.0294 e. The molecule has 2 fully saturated rings. The quantitative estimate of drug-likeness (QED) is 0.661. The minimum Gasteiger partial charge on any atom is -0.283 e. The Morgan fingerprint density at radius 1 is 1.25 bits per heavy atom. The number of rotatable bonds is 0. The van der Waals surface area contributed by atoms with Crippen LogP contribution in [-0.2, 0) is 0 Å². The van der Waals surface area contributed by atoms with Crippen molar-refractivity contribution in [1.29, 1.82) is 0 Å². The molecule has 2 atom stereocenters. The Hall–Kier alpha value is -0.790. The first-order valence-corrected chi connectivity index (χ1v) is 6.69. The van der Waals surface area contributed by atoms with Gasteiger partial charge in [-0.2, -0.15) is 5.10 Å². The van der Waals surface area contributed by atoms with Crippen LogP contribution in [0.1, 0.15) is 52.4 Å². The molecule has 1 spiro atoms. The van der Waals surface area contributed by atoms with Gasteiger partial charge in [-0.1, -0.05) is 24.8 Å². The number of allylic oxidation sites excluding steroid dienone is 2. The van der Waals surface area contributed by atoms with Gasteiger partial charge in [-0.3, -0.25) is 5.43 Å². The molecule has 2 unspecified atom stereocenters. The van der Waals surface area contributed by atoms with Crippen LogP contribution in [0.25, 0.3) is 0 Å². The van der Waals surface area contributed by atoms with Gasteiger partial charge < -0.3 is 0 Å². The third kappa shape index (κ3) is 1.42. The van der Waals surface area contributed by atoms with Crippen LogP contribution in [0.15, 0.2) is 16.4 Å². The summed E-state index contributed by atoms with van der Waals surface area (Å²) in [5.41, 5.74) is 6.58. The molecule has 3 aliphatic rings. The lowest BCUT2D eigenvalue weighted by Crippen LogP contribution is -2.11. The Morgan fingerprint density at radius 3 is 2.75 bits per heavy atom. The highest BCUT2D eigenvalue weighted by Gasteiger charge is 2.62. The zero-order chi connectivity index (χ0) is 11.2. The Kier molecular flexibility index (Phi) is 2.34. The summed E-state index contributed by atoms with van der Waals surface area (Å²) in [5, 5.41) is 4.40. The van der Waals surface area contributed by atoms with Crippen LogP contribution < -0.4 is 5.43 Å². The molecule has 1 aliphatic heterocycles. The molecular formula is C14H22N2. The second-order valence-electron chi connectivity index (χ2n) is 5.93. The molecule has 2 saturated carbocycles. The first-order valence-electron chi connectivity index (χ1n) is 6.69. The molecule has 0 radical (unpaired) electrons.